The number of aliphatic hydroxyl groups is 2. The van der Waals surface area contributed by atoms with Gasteiger partial charge in [0.25, 0.3) is 0 Å². The van der Waals surface area contributed by atoms with Crippen molar-refractivity contribution >= 4 is 23.9 Å². The van der Waals surface area contributed by atoms with Crippen molar-refractivity contribution in [1.29, 1.82) is 0 Å². The Labute approximate surface area is 477 Å². The van der Waals surface area contributed by atoms with Gasteiger partial charge in [-0.2, -0.15) is 0 Å². The summed E-state index contributed by atoms with van der Waals surface area (Å²) in [5.41, 5.74) is 0. The van der Waals surface area contributed by atoms with Crippen LogP contribution in [0.4, 0.5) is 0 Å². The molecule has 12 nitrogen and oxygen atoms in total. The SMILES string of the molecule is CC/C=C\C/C=C\C/C=C\C/C=C\C/C=C\CC(=O)OC1C(OCC(COC(=O)CCCCCCCCC/C=C\C/C=C\C/C=C\CC)OC(=O)CCCCCCCCC/C=C\C/C=C\C/C=C\CC)OC(C(=O)O)C(O)C1O. The molecular weight excluding hydrogens is 997 g/mol. The number of hydrogen-bond donors (Lipinski definition) is 3. The smallest absolute Gasteiger partial charge is 0.335 e. The van der Waals surface area contributed by atoms with Gasteiger partial charge in [0, 0.05) is 12.8 Å². The Balaban J connectivity index is 2.75. The first-order valence-corrected chi connectivity index (χ1v) is 30.2. The highest BCUT2D eigenvalue weighted by Crippen LogP contribution is 2.26. The molecule has 0 radical (unpaired) electrons. The van der Waals surface area contributed by atoms with E-state index in [4.69, 9.17) is 23.7 Å². The number of carbonyl (C=O) groups is 4. The molecule has 0 saturated carbocycles. The average Bonchev–Trinajstić information content (AvgIpc) is 3.43. The minimum absolute atomic E-state index is 0.131. The molecule has 3 N–H and O–H groups in total. The lowest BCUT2D eigenvalue weighted by molar-refractivity contribution is -0.301. The summed E-state index contributed by atoms with van der Waals surface area (Å²) in [4.78, 5) is 51.2. The zero-order valence-electron chi connectivity index (χ0n) is 48.8. The molecule has 79 heavy (non-hydrogen) atoms. The minimum atomic E-state index is -1.94. The zero-order chi connectivity index (χ0) is 57.5. The molecule has 0 spiro atoms. The summed E-state index contributed by atoms with van der Waals surface area (Å²) in [5.74, 6) is -3.33. The van der Waals surface area contributed by atoms with Gasteiger partial charge in [-0.15, -0.1) is 0 Å². The van der Waals surface area contributed by atoms with Crippen molar-refractivity contribution in [1.82, 2.24) is 0 Å². The third-order valence-electron chi connectivity index (χ3n) is 12.7. The first-order valence-electron chi connectivity index (χ1n) is 30.2. The van der Waals surface area contributed by atoms with Crippen molar-refractivity contribution < 1.29 is 58.2 Å². The van der Waals surface area contributed by atoms with Gasteiger partial charge in [-0.1, -0.05) is 219 Å². The molecule has 0 aromatic rings. The molecule has 0 aromatic heterocycles. The molecule has 0 aromatic carbocycles. The number of esters is 3. The standard InChI is InChI=1S/C67H104O12/c1-4-7-10-13-16-19-22-25-28-30-33-35-38-41-44-47-50-53-59(68)75-56-58(77-60(69)54-51-48-45-42-39-37-34-31-29-26-23-20-17-14-11-8-5-2)57-76-67-65(63(72)62(71)64(79-67)66(73)74)78-61(70)55-52-49-46-43-40-36-32-27-24-21-18-15-12-9-6-3/h7-12,16-21,25-29,32,40,43,49,52,58,62-65,67,71-72H,4-6,13-15,22-24,30-31,33-39,41-42,44-48,50-51,53-57H2,1-3H3,(H,73,74)/b10-7-,11-8-,12-9-,19-16-,20-17-,21-18-,28-25-,29-26-,32-27-,43-40-,52-49-. The highest BCUT2D eigenvalue weighted by Gasteiger charge is 2.50. The summed E-state index contributed by atoms with van der Waals surface area (Å²) in [6.45, 7) is 5.59. The Bertz CT molecular complexity index is 1880. The molecule has 1 heterocycles. The van der Waals surface area contributed by atoms with E-state index in [0.717, 1.165) is 154 Å². The zero-order valence-corrected chi connectivity index (χ0v) is 48.8. The molecule has 1 rings (SSSR count). The van der Waals surface area contributed by atoms with E-state index in [1.807, 2.05) is 12.2 Å². The molecule has 6 unspecified atom stereocenters. The molecule has 1 aliphatic rings. The predicted molar refractivity (Wildman–Crippen MR) is 321 cm³/mol. The van der Waals surface area contributed by atoms with Crippen LogP contribution in [0.25, 0.3) is 0 Å². The van der Waals surface area contributed by atoms with E-state index >= 15 is 0 Å². The van der Waals surface area contributed by atoms with Gasteiger partial charge >= 0.3 is 23.9 Å². The molecule has 1 aliphatic heterocycles. The van der Waals surface area contributed by atoms with Crippen molar-refractivity contribution in [3.05, 3.63) is 134 Å². The van der Waals surface area contributed by atoms with Crippen LogP contribution in [-0.4, -0.2) is 89.2 Å². The maximum Gasteiger partial charge on any atom is 0.335 e. The van der Waals surface area contributed by atoms with E-state index in [9.17, 15) is 34.5 Å². The number of carbonyl (C=O) groups excluding carboxylic acids is 3. The van der Waals surface area contributed by atoms with E-state index in [0.29, 0.717) is 19.3 Å². The van der Waals surface area contributed by atoms with Crippen LogP contribution in [0.5, 0.6) is 0 Å². The van der Waals surface area contributed by atoms with Crippen molar-refractivity contribution in [2.75, 3.05) is 13.2 Å². The van der Waals surface area contributed by atoms with Crippen molar-refractivity contribution in [2.45, 2.75) is 250 Å². The molecule has 12 heteroatoms. The number of allylic oxidation sites excluding steroid dienone is 21. The Hall–Kier alpha value is -5.14. The van der Waals surface area contributed by atoms with E-state index in [-0.39, 0.29) is 25.9 Å². The number of aliphatic hydroxyl groups excluding tert-OH is 2. The molecule has 0 bridgehead atoms. The van der Waals surface area contributed by atoms with Crippen LogP contribution in [0.3, 0.4) is 0 Å². The van der Waals surface area contributed by atoms with Crippen LogP contribution < -0.4 is 0 Å². The minimum Gasteiger partial charge on any atom is -0.479 e. The van der Waals surface area contributed by atoms with Crippen molar-refractivity contribution in [3.63, 3.8) is 0 Å². The summed E-state index contributed by atoms with van der Waals surface area (Å²) in [6.07, 6.45) is 63.0. The number of unbranched alkanes of at least 4 members (excludes halogenated alkanes) is 14. The first-order chi connectivity index (χ1) is 38.6. The van der Waals surface area contributed by atoms with Gasteiger partial charge in [0.15, 0.2) is 24.6 Å². The first kappa shape index (κ1) is 71.9. The van der Waals surface area contributed by atoms with E-state index in [1.165, 1.54) is 0 Å². The van der Waals surface area contributed by atoms with Gasteiger partial charge in [0.05, 0.1) is 13.0 Å². The second-order valence-electron chi connectivity index (χ2n) is 19.9. The van der Waals surface area contributed by atoms with Crippen LogP contribution in [0.2, 0.25) is 0 Å². The second-order valence-corrected chi connectivity index (χ2v) is 19.9. The van der Waals surface area contributed by atoms with Gasteiger partial charge in [-0.05, 0) is 109 Å². The number of hydrogen-bond acceptors (Lipinski definition) is 11. The number of carboxylic acids is 1. The summed E-state index contributed by atoms with van der Waals surface area (Å²) in [6, 6.07) is 0. The Morgan fingerprint density at radius 2 is 0.797 bits per heavy atom. The van der Waals surface area contributed by atoms with Crippen LogP contribution in [0.15, 0.2) is 134 Å². The van der Waals surface area contributed by atoms with Gasteiger partial charge in [0.1, 0.15) is 18.8 Å². The lowest BCUT2D eigenvalue weighted by atomic mass is 9.98. The summed E-state index contributed by atoms with van der Waals surface area (Å²) < 4.78 is 28.3. The third-order valence-corrected chi connectivity index (χ3v) is 12.7. The Morgan fingerprint density at radius 1 is 0.430 bits per heavy atom. The second kappa shape index (κ2) is 53.5. The number of rotatable bonds is 49. The van der Waals surface area contributed by atoms with E-state index in [2.05, 4.69) is 130 Å². The van der Waals surface area contributed by atoms with E-state index < -0.39 is 67.3 Å². The predicted octanol–water partition coefficient (Wildman–Crippen LogP) is 15.8. The molecular formula is C67H104O12. The molecule has 1 fully saturated rings. The third kappa shape index (κ3) is 43.4. The number of ether oxygens (including phenoxy) is 5. The monoisotopic (exact) mass is 1100 g/mol. The van der Waals surface area contributed by atoms with Gasteiger partial charge in [-0.25, -0.2) is 4.79 Å². The van der Waals surface area contributed by atoms with Gasteiger partial charge < -0.3 is 39.0 Å². The molecule has 444 valence electrons. The maximum absolute atomic E-state index is 13.2. The maximum atomic E-state index is 13.2. The summed E-state index contributed by atoms with van der Waals surface area (Å²) >= 11 is 0. The number of aliphatic carboxylic acids is 1. The topological polar surface area (TPSA) is 175 Å². The van der Waals surface area contributed by atoms with Crippen LogP contribution in [0.1, 0.15) is 213 Å². The summed E-state index contributed by atoms with van der Waals surface area (Å²) in [5, 5.41) is 31.5. The molecule has 0 aliphatic carbocycles. The highest BCUT2D eigenvalue weighted by atomic mass is 16.7. The lowest BCUT2D eigenvalue weighted by Gasteiger charge is -2.40. The van der Waals surface area contributed by atoms with Gasteiger partial charge in [0.2, 0.25) is 0 Å². The molecule has 6 atom stereocenters. The van der Waals surface area contributed by atoms with Crippen LogP contribution in [-0.2, 0) is 42.9 Å². The van der Waals surface area contributed by atoms with Crippen LogP contribution in [0, 0.1) is 0 Å². The fourth-order valence-electron chi connectivity index (χ4n) is 8.24. The fraction of sp³-hybridized carbons (Fsp3) is 0.612. The fourth-order valence-corrected chi connectivity index (χ4v) is 8.24. The quantitative estimate of drug-likeness (QED) is 0.0228. The molecule has 0 amide bonds. The summed E-state index contributed by atoms with van der Waals surface area (Å²) in [7, 11) is 0. The van der Waals surface area contributed by atoms with E-state index in [1.54, 1.807) is 12.2 Å². The molecule has 1 saturated heterocycles. The van der Waals surface area contributed by atoms with Crippen LogP contribution >= 0.6 is 0 Å². The Morgan fingerprint density at radius 3 is 1.22 bits per heavy atom. The van der Waals surface area contributed by atoms with Crippen molar-refractivity contribution in [2.24, 2.45) is 0 Å². The normalized spacial score (nSPS) is 18.8. The number of carboxylic acid groups (broad SMARTS) is 1. The largest absolute Gasteiger partial charge is 0.479 e. The Kier molecular flexibility index (Phi) is 48.7. The average molecular weight is 1100 g/mol. The van der Waals surface area contributed by atoms with Crippen molar-refractivity contribution in [3.8, 4) is 0 Å². The highest BCUT2D eigenvalue weighted by molar-refractivity contribution is 5.74. The lowest BCUT2D eigenvalue weighted by Crippen LogP contribution is -2.61. The van der Waals surface area contributed by atoms with Gasteiger partial charge in [-0.3, -0.25) is 14.4 Å².